The Bertz CT molecular complexity index is 916. The molecule has 0 aliphatic heterocycles. The number of aryl methyl sites for hydroxylation is 1. The summed E-state index contributed by atoms with van der Waals surface area (Å²) >= 11 is 6.14. The van der Waals surface area contributed by atoms with Crippen molar-refractivity contribution in [2.45, 2.75) is 40.2 Å². The number of aromatic nitrogens is 3. The van der Waals surface area contributed by atoms with Gasteiger partial charge in [-0.3, -0.25) is 0 Å². The Morgan fingerprint density at radius 1 is 1.42 bits per heavy atom. The van der Waals surface area contributed by atoms with E-state index in [0.717, 1.165) is 35.4 Å². The highest BCUT2D eigenvalue weighted by Gasteiger charge is 2.19. The maximum atomic E-state index is 6.14. The Morgan fingerprint density at radius 2 is 2.25 bits per heavy atom. The molecule has 3 aromatic rings. The van der Waals surface area contributed by atoms with Crippen LogP contribution in [0.4, 0.5) is 5.82 Å². The van der Waals surface area contributed by atoms with Gasteiger partial charge in [0, 0.05) is 0 Å². The van der Waals surface area contributed by atoms with Crippen LogP contribution in [0.1, 0.15) is 42.8 Å². The molecular weight excluding hydrogens is 324 g/mol. The Kier molecular flexibility index (Phi) is 4.77. The summed E-state index contributed by atoms with van der Waals surface area (Å²) in [7, 11) is 0. The van der Waals surface area contributed by atoms with Crippen molar-refractivity contribution in [1.82, 2.24) is 14.6 Å². The third kappa shape index (κ3) is 2.98. The van der Waals surface area contributed by atoms with Gasteiger partial charge in [-0.1, -0.05) is 19.3 Å². The number of rotatable bonds is 5. The SMILES string of the molecule is CC#Cc1c(CCC)c(C)c2c(NCc3ccco3)nc(Cl)nn12. The summed E-state index contributed by atoms with van der Waals surface area (Å²) in [4.78, 5) is 4.37. The first kappa shape index (κ1) is 16.4. The second-order valence-electron chi connectivity index (χ2n) is 5.50. The molecule has 0 fully saturated rings. The van der Waals surface area contributed by atoms with Crippen molar-refractivity contribution in [2.75, 3.05) is 5.32 Å². The molecule has 0 saturated carbocycles. The third-order valence-electron chi connectivity index (χ3n) is 3.88. The highest BCUT2D eigenvalue weighted by molar-refractivity contribution is 6.28. The third-order valence-corrected chi connectivity index (χ3v) is 4.04. The van der Waals surface area contributed by atoms with Crippen LogP contribution in [0.25, 0.3) is 5.52 Å². The normalized spacial score (nSPS) is 10.7. The van der Waals surface area contributed by atoms with Crippen LogP contribution in [0, 0.1) is 18.8 Å². The van der Waals surface area contributed by atoms with Gasteiger partial charge in [0.2, 0.25) is 5.28 Å². The fourth-order valence-corrected chi connectivity index (χ4v) is 3.02. The van der Waals surface area contributed by atoms with Gasteiger partial charge in [0.05, 0.1) is 12.8 Å². The number of halogens is 1. The number of nitrogens with zero attached hydrogens (tertiary/aromatic N) is 3. The van der Waals surface area contributed by atoms with Crippen LogP contribution < -0.4 is 5.32 Å². The topological polar surface area (TPSA) is 55.4 Å². The molecule has 1 N–H and O–H groups in total. The molecule has 0 aliphatic rings. The zero-order chi connectivity index (χ0) is 17.1. The summed E-state index contributed by atoms with van der Waals surface area (Å²) in [5.74, 6) is 7.65. The van der Waals surface area contributed by atoms with Crippen LogP contribution in [-0.4, -0.2) is 14.6 Å². The quantitative estimate of drug-likeness (QED) is 0.705. The highest BCUT2D eigenvalue weighted by atomic mass is 35.5. The van der Waals surface area contributed by atoms with Crippen molar-refractivity contribution >= 4 is 22.9 Å². The lowest BCUT2D eigenvalue weighted by Crippen LogP contribution is -2.06. The Hall–Kier alpha value is -2.45. The van der Waals surface area contributed by atoms with Gasteiger partial charge < -0.3 is 9.73 Å². The fourth-order valence-electron chi connectivity index (χ4n) is 2.86. The largest absolute Gasteiger partial charge is 0.467 e. The molecule has 3 rings (SSSR count). The predicted octanol–water partition coefficient (Wildman–Crippen LogP) is 4.22. The molecular formula is C18H19ClN4O. The molecule has 0 aliphatic carbocycles. The molecule has 0 bridgehead atoms. The minimum Gasteiger partial charge on any atom is -0.467 e. The predicted molar refractivity (Wildman–Crippen MR) is 95.3 cm³/mol. The van der Waals surface area contributed by atoms with E-state index in [0.29, 0.717) is 12.4 Å². The van der Waals surface area contributed by atoms with E-state index in [-0.39, 0.29) is 5.28 Å². The number of anilines is 1. The first-order valence-corrected chi connectivity index (χ1v) is 8.30. The average Bonchev–Trinajstić information content (AvgIpc) is 3.16. The van der Waals surface area contributed by atoms with Crippen LogP contribution in [0.15, 0.2) is 22.8 Å². The summed E-state index contributed by atoms with van der Waals surface area (Å²) in [5.41, 5.74) is 4.13. The smallest absolute Gasteiger partial charge is 0.243 e. The highest BCUT2D eigenvalue weighted by Crippen LogP contribution is 2.29. The summed E-state index contributed by atoms with van der Waals surface area (Å²) in [6.07, 6.45) is 3.62. The fraction of sp³-hybridized carbons (Fsp3) is 0.333. The van der Waals surface area contributed by atoms with E-state index < -0.39 is 0 Å². The molecule has 3 heterocycles. The summed E-state index contributed by atoms with van der Waals surface area (Å²) in [6, 6.07) is 3.77. The van der Waals surface area contributed by atoms with Crippen LogP contribution >= 0.6 is 11.6 Å². The van der Waals surface area contributed by atoms with Crippen LogP contribution in [0.5, 0.6) is 0 Å². The minimum atomic E-state index is 0.182. The molecule has 0 amide bonds. The standard InChI is InChI=1S/C18H19ClN4O/c1-4-7-14-12(3)16-17(20-11-13-9-6-10-24-13)21-18(19)22-23(16)15(14)8-5-2/h6,9-10H,4,7,11H2,1-3H3,(H,20,21,22). The van der Waals surface area contributed by atoms with Crippen molar-refractivity contribution in [2.24, 2.45) is 0 Å². The lowest BCUT2D eigenvalue weighted by molar-refractivity contribution is 0.518. The molecule has 124 valence electrons. The molecule has 0 spiro atoms. The zero-order valence-electron chi connectivity index (χ0n) is 14.0. The summed E-state index contributed by atoms with van der Waals surface area (Å²) in [6.45, 7) is 6.58. The molecule has 0 radical (unpaired) electrons. The van der Waals surface area contributed by atoms with Gasteiger partial charge in [-0.25, -0.2) is 4.52 Å². The minimum absolute atomic E-state index is 0.182. The lowest BCUT2D eigenvalue weighted by Gasteiger charge is -2.07. The van der Waals surface area contributed by atoms with E-state index in [2.05, 4.69) is 41.1 Å². The van der Waals surface area contributed by atoms with Crippen molar-refractivity contribution in [3.8, 4) is 11.8 Å². The summed E-state index contributed by atoms with van der Waals surface area (Å²) in [5, 5.41) is 7.85. The molecule has 5 nitrogen and oxygen atoms in total. The van der Waals surface area contributed by atoms with Gasteiger partial charge in [0.25, 0.3) is 0 Å². The van der Waals surface area contributed by atoms with E-state index in [9.17, 15) is 0 Å². The van der Waals surface area contributed by atoms with Crippen LogP contribution in [-0.2, 0) is 13.0 Å². The number of nitrogens with one attached hydrogen (secondary N) is 1. The second kappa shape index (κ2) is 6.98. The first-order chi connectivity index (χ1) is 11.7. The Balaban J connectivity index is 2.14. The maximum absolute atomic E-state index is 6.14. The molecule has 0 aromatic carbocycles. The molecule has 24 heavy (non-hydrogen) atoms. The summed E-state index contributed by atoms with van der Waals surface area (Å²) < 4.78 is 7.17. The number of hydrogen-bond acceptors (Lipinski definition) is 4. The van der Waals surface area contributed by atoms with Gasteiger partial charge in [-0.05, 0) is 61.0 Å². The van der Waals surface area contributed by atoms with Crippen LogP contribution in [0.2, 0.25) is 5.28 Å². The van der Waals surface area contributed by atoms with Gasteiger partial charge in [0.1, 0.15) is 17.0 Å². The van der Waals surface area contributed by atoms with Crippen molar-refractivity contribution in [3.05, 3.63) is 46.3 Å². The molecule has 0 unspecified atom stereocenters. The van der Waals surface area contributed by atoms with Gasteiger partial charge in [-0.15, -0.1) is 5.10 Å². The van der Waals surface area contributed by atoms with Gasteiger partial charge in [0.15, 0.2) is 5.82 Å². The molecule has 0 saturated heterocycles. The number of fused-ring (bicyclic) bond motifs is 1. The second-order valence-corrected chi connectivity index (χ2v) is 5.84. The molecule has 6 heteroatoms. The van der Waals surface area contributed by atoms with Crippen molar-refractivity contribution in [1.29, 1.82) is 0 Å². The Labute approximate surface area is 146 Å². The van der Waals surface area contributed by atoms with Crippen molar-refractivity contribution in [3.63, 3.8) is 0 Å². The van der Waals surface area contributed by atoms with E-state index in [4.69, 9.17) is 16.0 Å². The van der Waals surface area contributed by atoms with Crippen molar-refractivity contribution < 1.29 is 4.42 Å². The van der Waals surface area contributed by atoms with E-state index in [1.165, 1.54) is 5.56 Å². The van der Waals surface area contributed by atoms with Gasteiger partial charge in [-0.2, -0.15) is 4.98 Å². The Morgan fingerprint density at radius 3 is 2.92 bits per heavy atom. The average molecular weight is 343 g/mol. The number of hydrogen-bond donors (Lipinski definition) is 1. The lowest BCUT2D eigenvalue weighted by atomic mass is 10.1. The maximum Gasteiger partial charge on any atom is 0.243 e. The first-order valence-electron chi connectivity index (χ1n) is 7.92. The van der Waals surface area contributed by atoms with Crippen LogP contribution in [0.3, 0.4) is 0 Å². The zero-order valence-corrected chi connectivity index (χ0v) is 14.7. The molecule has 3 aromatic heterocycles. The molecule has 0 atom stereocenters. The van der Waals surface area contributed by atoms with E-state index in [1.54, 1.807) is 10.8 Å². The van der Waals surface area contributed by atoms with Gasteiger partial charge >= 0.3 is 0 Å². The van der Waals surface area contributed by atoms with E-state index >= 15 is 0 Å². The van der Waals surface area contributed by atoms with E-state index in [1.807, 2.05) is 19.1 Å². The number of furan rings is 1. The monoisotopic (exact) mass is 342 g/mol.